The summed E-state index contributed by atoms with van der Waals surface area (Å²) >= 11 is 0. The Balaban J connectivity index is 0.00000338. The summed E-state index contributed by atoms with van der Waals surface area (Å²) in [6.45, 7) is 7.50. The summed E-state index contributed by atoms with van der Waals surface area (Å²) in [5, 5.41) is 2.37. The first-order chi connectivity index (χ1) is 21.9. The van der Waals surface area contributed by atoms with E-state index in [-0.39, 0.29) is 26.5 Å². The zero-order chi connectivity index (χ0) is 30.7. The predicted octanol–water partition coefficient (Wildman–Crippen LogP) is 9.62. The number of hydrogen-bond acceptors (Lipinski definition) is 3. The van der Waals surface area contributed by atoms with Crippen molar-refractivity contribution in [3.8, 4) is 16.9 Å². The Morgan fingerprint density at radius 2 is 1.46 bits per heavy atom. The second-order valence-electron chi connectivity index (χ2n) is 12.5. The topological polar surface area (TPSA) is 24.3 Å². The molecule has 7 aromatic rings. The molecule has 1 aliphatic rings. The maximum atomic E-state index is 4.89. The fourth-order valence-electron chi connectivity index (χ4n) is 6.81. The summed E-state index contributed by atoms with van der Waals surface area (Å²) in [5.41, 5.74) is 11.2. The number of nitrogens with zero attached hydrogens (tertiary/aromatic N) is 4. The third kappa shape index (κ3) is 4.84. The van der Waals surface area contributed by atoms with Crippen LogP contribution in [0.25, 0.3) is 38.8 Å². The third-order valence-corrected chi connectivity index (χ3v) is 9.37. The molecule has 0 atom stereocenters. The van der Waals surface area contributed by atoms with Crippen LogP contribution in [0.4, 0.5) is 17.1 Å². The Labute approximate surface area is 285 Å². The molecule has 2 aromatic heterocycles. The molecule has 0 saturated carbocycles. The van der Waals surface area contributed by atoms with Gasteiger partial charge in [0.2, 0.25) is 0 Å². The van der Waals surface area contributed by atoms with E-state index in [2.05, 4.69) is 170 Å². The van der Waals surface area contributed by atoms with Crippen molar-refractivity contribution in [3.63, 3.8) is 0 Å². The minimum absolute atomic E-state index is 0. The monoisotopic (exact) mass is 777 g/mol. The maximum absolute atomic E-state index is 4.89. The number of anilines is 3. The van der Waals surface area contributed by atoms with Crippen LogP contribution < -0.4 is 9.80 Å². The number of aryl methyl sites for hydroxylation is 1. The molecule has 0 spiro atoms. The fourth-order valence-corrected chi connectivity index (χ4v) is 6.81. The molecule has 1 aliphatic heterocycles. The van der Waals surface area contributed by atoms with Crippen molar-refractivity contribution >= 4 is 38.9 Å². The van der Waals surface area contributed by atoms with Gasteiger partial charge in [0.15, 0.2) is 0 Å². The van der Waals surface area contributed by atoms with Gasteiger partial charge in [0.25, 0.3) is 0 Å². The first kappa shape index (κ1) is 30.0. The molecule has 0 saturated heterocycles. The second-order valence-corrected chi connectivity index (χ2v) is 12.5. The van der Waals surface area contributed by atoms with Gasteiger partial charge in [-0.25, -0.2) is 4.98 Å². The number of rotatable bonds is 5. The summed E-state index contributed by atoms with van der Waals surface area (Å²) in [5.74, 6) is 0.888. The molecular weight excluding hydrogens is 744 g/mol. The van der Waals surface area contributed by atoms with Crippen LogP contribution in [0.5, 0.6) is 0 Å². The van der Waals surface area contributed by atoms with E-state index in [1.54, 1.807) is 0 Å². The molecular formula is C41H34N4Pt. The normalized spacial score (nSPS) is 12.9. The summed E-state index contributed by atoms with van der Waals surface area (Å²) in [6.07, 6.45) is 1.92. The Kier molecular flexibility index (Phi) is 7.57. The van der Waals surface area contributed by atoms with Gasteiger partial charge in [-0.2, -0.15) is 47.5 Å². The van der Waals surface area contributed by atoms with Gasteiger partial charge in [0.05, 0.1) is 18.0 Å². The van der Waals surface area contributed by atoms with E-state index in [1.807, 2.05) is 6.20 Å². The van der Waals surface area contributed by atoms with Crippen molar-refractivity contribution < 1.29 is 21.1 Å². The van der Waals surface area contributed by atoms with Gasteiger partial charge < -0.3 is 14.4 Å². The molecule has 3 heterocycles. The van der Waals surface area contributed by atoms with E-state index in [0.29, 0.717) is 0 Å². The first-order valence-electron chi connectivity index (χ1n) is 15.5. The molecule has 0 unspecified atom stereocenters. The molecule has 4 nitrogen and oxygen atoms in total. The van der Waals surface area contributed by atoms with Gasteiger partial charge in [0, 0.05) is 18.8 Å². The molecule has 46 heavy (non-hydrogen) atoms. The Hall–Kier alpha value is -4.66. The number of aromatic nitrogens is 2. The largest absolute Gasteiger partial charge is 2.00 e. The first-order valence-corrected chi connectivity index (χ1v) is 15.5. The minimum Gasteiger partial charge on any atom is -0.355 e. The molecule has 0 amide bonds. The van der Waals surface area contributed by atoms with E-state index in [0.717, 1.165) is 45.9 Å². The Bertz CT molecular complexity index is 2230. The molecule has 0 bridgehead atoms. The van der Waals surface area contributed by atoms with Crippen molar-refractivity contribution in [1.82, 2.24) is 9.55 Å². The van der Waals surface area contributed by atoms with E-state index in [9.17, 15) is 0 Å². The number of benzene rings is 5. The predicted molar refractivity (Wildman–Crippen MR) is 187 cm³/mol. The smallest absolute Gasteiger partial charge is 0.355 e. The van der Waals surface area contributed by atoms with Crippen molar-refractivity contribution in [2.24, 2.45) is 0 Å². The van der Waals surface area contributed by atoms with Gasteiger partial charge >= 0.3 is 21.1 Å². The molecule has 0 N–H and O–H groups in total. The zero-order valence-electron chi connectivity index (χ0n) is 26.4. The average molecular weight is 778 g/mol. The van der Waals surface area contributed by atoms with Crippen LogP contribution >= 0.6 is 0 Å². The summed E-state index contributed by atoms with van der Waals surface area (Å²) in [7, 11) is 2.14. The summed E-state index contributed by atoms with van der Waals surface area (Å²) in [4.78, 5) is 9.52. The molecule has 5 heteroatoms. The van der Waals surface area contributed by atoms with Gasteiger partial charge in [-0.1, -0.05) is 79.6 Å². The zero-order valence-corrected chi connectivity index (χ0v) is 28.6. The van der Waals surface area contributed by atoms with E-state index in [1.165, 1.54) is 33.3 Å². The van der Waals surface area contributed by atoms with Crippen molar-refractivity contribution in [3.05, 3.63) is 150 Å². The van der Waals surface area contributed by atoms with Crippen LogP contribution in [0.3, 0.4) is 0 Å². The molecule has 5 aromatic carbocycles. The van der Waals surface area contributed by atoms with Crippen molar-refractivity contribution in [1.29, 1.82) is 0 Å². The number of para-hydroxylation sites is 3. The molecule has 8 rings (SSSR count). The SMILES string of the molecule is Cc1ccccc1-c1ccnc(-n2c3[c-]c(C(C)(C)c4[c-]c(N5CN(C)c6ccccc65)ccc4)ccc3c3ccccc32)c1.[Pt+2]. The second kappa shape index (κ2) is 11.6. The standard InChI is InChI=1S/C41H34N4.Pt/c1-28-12-5-6-15-33(28)29-22-23-42-40(24-29)45-36-17-8-7-16-34(36)35-21-20-31(26-39(35)45)41(2,3)30-13-11-14-32(25-30)44-27-43(4)37-18-9-10-19-38(37)44;/h5-24H,27H2,1-4H3;/q-2;+2. The number of fused-ring (bicyclic) bond motifs is 4. The molecule has 228 valence electrons. The Morgan fingerprint density at radius 1 is 0.717 bits per heavy atom. The van der Waals surface area contributed by atoms with Crippen LogP contribution in [0.2, 0.25) is 0 Å². The number of hydrogen-bond donors (Lipinski definition) is 0. The van der Waals surface area contributed by atoms with E-state index < -0.39 is 0 Å². The third-order valence-electron chi connectivity index (χ3n) is 9.37. The van der Waals surface area contributed by atoms with Crippen LogP contribution in [0, 0.1) is 19.1 Å². The van der Waals surface area contributed by atoms with Crippen LogP contribution in [0.15, 0.2) is 121 Å². The van der Waals surface area contributed by atoms with E-state index in [4.69, 9.17) is 4.98 Å². The van der Waals surface area contributed by atoms with Gasteiger partial charge in [-0.05, 0) is 64.7 Å². The molecule has 0 radical (unpaired) electrons. The fraction of sp³-hybridized carbons (Fsp3) is 0.146. The maximum Gasteiger partial charge on any atom is 2.00 e. The Morgan fingerprint density at radius 3 is 2.30 bits per heavy atom. The average Bonchev–Trinajstić information content (AvgIpc) is 3.59. The van der Waals surface area contributed by atoms with Crippen molar-refractivity contribution in [2.75, 3.05) is 23.5 Å². The number of pyridine rings is 1. The van der Waals surface area contributed by atoms with Gasteiger partial charge in [-0.15, -0.1) is 11.5 Å². The summed E-state index contributed by atoms with van der Waals surface area (Å²) in [6, 6.07) is 48.6. The summed E-state index contributed by atoms with van der Waals surface area (Å²) < 4.78 is 2.27. The van der Waals surface area contributed by atoms with Gasteiger partial charge in [0.1, 0.15) is 5.82 Å². The minimum atomic E-state index is -0.340. The van der Waals surface area contributed by atoms with E-state index >= 15 is 0 Å². The quantitative estimate of drug-likeness (QED) is 0.163. The van der Waals surface area contributed by atoms with Crippen molar-refractivity contribution in [2.45, 2.75) is 26.2 Å². The molecule has 0 fully saturated rings. The van der Waals surface area contributed by atoms with Crippen LogP contribution in [-0.4, -0.2) is 23.3 Å². The van der Waals surface area contributed by atoms with Gasteiger partial charge in [-0.3, -0.25) is 0 Å². The van der Waals surface area contributed by atoms with Crippen LogP contribution in [-0.2, 0) is 26.5 Å². The van der Waals surface area contributed by atoms with Crippen LogP contribution in [0.1, 0.15) is 30.5 Å². The molecule has 0 aliphatic carbocycles.